The largest absolute Gasteiger partial charge is 0.466 e. The highest BCUT2D eigenvalue weighted by Crippen LogP contribution is 2.19. The van der Waals surface area contributed by atoms with Crippen LogP contribution in [-0.2, 0) is 19.1 Å². The van der Waals surface area contributed by atoms with E-state index in [-0.39, 0.29) is 30.2 Å². The van der Waals surface area contributed by atoms with Gasteiger partial charge in [-0.05, 0) is 26.2 Å². The van der Waals surface area contributed by atoms with Gasteiger partial charge in [-0.25, -0.2) is 0 Å². The summed E-state index contributed by atoms with van der Waals surface area (Å²) in [5.41, 5.74) is 0. The van der Waals surface area contributed by atoms with Gasteiger partial charge < -0.3 is 14.5 Å². The van der Waals surface area contributed by atoms with Gasteiger partial charge in [-0.3, -0.25) is 14.4 Å². The molecule has 6 nitrogen and oxygen atoms in total. The summed E-state index contributed by atoms with van der Waals surface area (Å²) in [6.45, 7) is 4.21. The van der Waals surface area contributed by atoms with Crippen LogP contribution in [0, 0.1) is 5.92 Å². The normalized spacial score (nSPS) is 20.4. The molecule has 0 aromatic heterocycles. The molecule has 2 amide bonds. The van der Waals surface area contributed by atoms with Gasteiger partial charge in [0.25, 0.3) is 0 Å². The molecule has 0 spiro atoms. The molecule has 0 radical (unpaired) electrons. The second-order valence-corrected chi connectivity index (χ2v) is 5.33. The van der Waals surface area contributed by atoms with Crippen LogP contribution in [-0.4, -0.2) is 60.4 Å². The quantitative estimate of drug-likeness (QED) is 0.701. The van der Waals surface area contributed by atoms with Gasteiger partial charge in [0.2, 0.25) is 11.8 Å². The first-order chi connectivity index (χ1) is 9.61. The summed E-state index contributed by atoms with van der Waals surface area (Å²) in [5.74, 6) is -0.191. The monoisotopic (exact) mass is 282 g/mol. The second-order valence-electron chi connectivity index (χ2n) is 5.33. The SMILES string of the molecule is CCOC(=O)C1CCN(C(=O)CN2CCCC2=O)CC1. The van der Waals surface area contributed by atoms with Crippen LogP contribution in [0.25, 0.3) is 0 Å². The molecular weight excluding hydrogens is 260 g/mol. The minimum Gasteiger partial charge on any atom is -0.466 e. The van der Waals surface area contributed by atoms with Crippen molar-refractivity contribution in [1.29, 1.82) is 0 Å². The van der Waals surface area contributed by atoms with Gasteiger partial charge in [0.1, 0.15) is 0 Å². The predicted molar refractivity (Wildman–Crippen MR) is 71.8 cm³/mol. The Hall–Kier alpha value is -1.59. The summed E-state index contributed by atoms with van der Waals surface area (Å²) in [6, 6.07) is 0. The summed E-state index contributed by atoms with van der Waals surface area (Å²) < 4.78 is 5.00. The highest BCUT2D eigenvalue weighted by Gasteiger charge is 2.30. The number of carbonyl (C=O) groups is 3. The molecule has 20 heavy (non-hydrogen) atoms. The zero-order valence-electron chi connectivity index (χ0n) is 12.0. The number of carbonyl (C=O) groups excluding carboxylic acids is 3. The minimum atomic E-state index is -0.158. The summed E-state index contributed by atoms with van der Waals surface area (Å²) in [5, 5.41) is 0. The average Bonchev–Trinajstić information content (AvgIpc) is 2.85. The highest BCUT2D eigenvalue weighted by molar-refractivity contribution is 5.86. The first kappa shape index (κ1) is 14.8. The maximum absolute atomic E-state index is 12.1. The molecule has 2 aliphatic rings. The Morgan fingerprint density at radius 2 is 1.95 bits per heavy atom. The Bertz CT molecular complexity index is 389. The maximum Gasteiger partial charge on any atom is 0.309 e. The third-order valence-corrected chi connectivity index (χ3v) is 3.97. The van der Waals surface area contributed by atoms with Gasteiger partial charge >= 0.3 is 5.97 Å². The molecule has 2 rings (SSSR count). The Morgan fingerprint density at radius 3 is 2.50 bits per heavy atom. The van der Waals surface area contributed by atoms with Gasteiger partial charge in [0, 0.05) is 26.1 Å². The van der Waals surface area contributed by atoms with Crippen molar-refractivity contribution in [2.45, 2.75) is 32.6 Å². The van der Waals surface area contributed by atoms with Gasteiger partial charge in [-0.15, -0.1) is 0 Å². The number of hydrogen-bond donors (Lipinski definition) is 0. The van der Waals surface area contributed by atoms with Crippen LogP contribution in [0.5, 0.6) is 0 Å². The first-order valence-corrected chi connectivity index (χ1v) is 7.34. The highest BCUT2D eigenvalue weighted by atomic mass is 16.5. The Morgan fingerprint density at radius 1 is 1.25 bits per heavy atom. The fourth-order valence-electron chi connectivity index (χ4n) is 2.76. The summed E-state index contributed by atoms with van der Waals surface area (Å²) in [6.07, 6.45) is 2.70. The van der Waals surface area contributed by atoms with Gasteiger partial charge in [0.05, 0.1) is 19.1 Å². The third kappa shape index (κ3) is 3.49. The van der Waals surface area contributed by atoms with E-state index in [4.69, 9.17) is 4.74 Å². The standard InChI is InChI=1S/C14H22N2O4/c1-2-20-14(19)11-5-8-15(9-6-11)13(18)10-16-7-3-4-12(16)17/h11H,2-10H2,1H3. The molecule has 6 heteroatoms. The lowest BCUT2D eigenvalue weighted by Gasteiger charge is -2.32. The fourth-order valence-corrected chi connectivity index (χ4v) is 2.76. The molecular formula is C14H22N2O4. The van der Waals surface area contributed by atoms with E-state index in [2.05, 4.69) is 0 Å². The first-order valence-electron chi connectivity index (χ1n) is 7.34. The second kappa shape index (κ2) is 6.72. The van der Waals surface area contributed by atoms with E-state index in [0.717, 1.165) is 6.42 Å². The summed E-state index contributed by atoms with van der Waals surface area (Å²) in [4.78, 5) is 38.6. The number of nitrogens with zero attached hydrogens (tertiary/aromatic N) is 2. The van der Waals surface area contributed by atoms with Crippen LogP contribution in [0.15, 0.2) is 0 Å². The molecule has 0 atom stereocenters. The fraction of sp³-hybridized carbons (Fsp3) is 0.786. The zero-order valence-corrected chi connectivity index (χ0v) is 12.0. The van der Waals surface area contributed by atoms with Gasteiger partial charge in [-0.2, -0.15) is 0 Å². The van der Waals surface area contributed by atoms with Crippen LogP contribution >= 0.6 is 0 Å². The molecule has 0 N–H and O–H groups in total. The van der Waals surface area contributed by atoms with Gasteiger partial charge in [-0.1, -0.05) is 0 Å². The maximum atomic E-state index is 12.1. The third-order valence-electron chi connectivity index (χ3n) is 3.97. The van der Waals surface area contributed by atoms with Crippen molar-refractivity contribution in [3.63, 3.8) is 0 Å². The van der Waals surface area contributed by atoms with E-state index in [1.807, 2.05) is 0 Å². The van der Waals surface area contributed by atoms with Crippen LogP contribution in [0.2, 0.25) is 0 Å². The number of amides is 2. The van der Waals surface area contributed by atoms with Crippen LogP contribution < -0.4 is 0 Å². The van der Waals surface area contributed by atoms with E-state index >= 15 is 0 Å². The smallest absolute Gasteiger partial charge is 0.309 e. The van der Waals surface area contributed by atoms with E-state index in [0.29, 0.717) is 45.5 Å². The molecule has 0 saturated carbocycles. The Kier molecular flexibility index (Phi) is 4.98. The molecule has 2 fully saturated rings. The molecule has 0 unspecified atom stereocenters. The molecule has 0 aromatic carbocycles. The number of hydrogen-bond acceptors (Lipinski definition) is 4. The number of piperidine rings is 1. The minimum absolute atomic E-state index is 0.0115. The van der Waals surface area contributed by atoms with Crippen LogP contribution in [0.4, 0.5) is 0 Å². The van der Waals surface area contributed by atoms with Crippen molar-refractivity contribution in [2.24, 2.45) is 5.92 Å². The van der Waals surface area contributed by atoms with E-state index in [1.54, 1.807) is 16.7 Å². The molecule has 2 heterocycles. The molecule has 0 aliphatic carbocycles. The molecule has 2 saturated heterocycles. The lowest BCUT2D eigenvalue weighted by atomic mass is 9.97. The Balaban J connectivity index is 1.77. The van der Waals surface area contributed by atoms with Crippen molar-refractivity contribution >= 4 is 17.8 Å². The van der Waals surface area contributed by atoms with Crippen LogP contribution in [0.3, 0.4) is 0 Å². The van der Waals surface area contributed by atoms with Crippen molar-refractivity contribution in [1.82, 2.24) is 9.80 Å². The van der Waals surface area contributed by atoms with Crippen LogP contribution in [0.1, 0.15) is 32.6 Å². The summed E-state index contributed by atoms with van der Waals surface area (Å²) >= 11 is 0. The average molecular weight is 282 g/mol. The van der Waals surface area contributed by atoms with Crippen molar-refractivity contribution < 1.29 is 19.1 Å². The summed E-state index contributed by atoms with van der Waals surface area (Å²) in [7, 11) is 0. The number of rotatable bonds is 4. The van der Waals surface area contributed by atoms with Gasteiger partial charge in [0.15, 0.2) is 0 Å². The van der Waals surface area contributed by atoms with Crippen molar-refractivity contribution in [2.75, 3.05) is 32.8 Å². The lowest BCUT2D eigenvalue weighted by Crippen LogP contribution is -2.45. The van der Waals surface area contributed by atoms with E-state index in [1.165, 1.54) is 0 Å². The van der Waals surface area contributed by atoms with E-state index < -0.39 is 0 Å². The zero-order chi connectivity index (χ0) is 14.5. The predicted octanol–water partition coefficient (Wildman–Crippen LogP) is 0.410. The molecule has 0 aromatic rings. The van der Waals surface area contributed by atoms with Crippen molar-refractivity contribution in [3.05, 3.63) is 0 Å². The topological polar surface area (TPSA) is 66.9 Å². The number of likely N-dealkylation sites (tertiary alicyclic amines) is 2. The number of ether oxygens (including phenoxy) is 1. The van der Waals surface area contributed by atoms with E-state index in [9.17, 15) is 14.4 Å². The molecule has 2 aliphatic heterocycles. The molecule has 0 bridgehead atoms. The lowest BCUT2D eigenvalue weighted by molar-refractivity contribution is -0.151. The number of esters is 1. The Labute approximate surface area is 119 Å². The molecule has 112 valence electrons. The van der Waals surface area contributed by atoms with Crippen molar-refractivity contribution in [3.8, 4) is 0 Å².